The third kappa shape index (κ3) is 4.99. The van der Waals surface area contributed by atoms with Gasteiger partial charge in [-0.25, -0.2) is 0 Å². The maximum atomic E-state index is 5.90. The summed E-state index contributed by atoms with van der Waals surface area (Å²) in [5.41, 5.74) is 6.03. The van der Waals surface area contributed by atoms with Gasteiger partial charge < -0.3 is 9.47 Å². The van der Waals surface area contributed by atoms with E-state index in [4.69, 9.17) is 9.47 Å². The zero-order valence-corrected chi connectivity index (χ0v) is 18.6. The van der Waals surface area contributed by atoms with E-state index >= 15 is 0 Å². The lowest BCUT2D eigenvalue weighted by Crippen LogP contribution is -1.98. The number of aromatic nitrogens is 4. The molecule has 0 aliphatic heterocycles. The van der Waals surface area contributed by atoms with Crippen LogP contribution >= 0.6 is 23.1 Å². The summed E-state index contributed by atoms with van der Waals surface area (Å²) in [5, 5.41) is 12.0. The molecule has 2 aromatic heterocycles. The van der Waals surface area contributed by atoms with Crippen molar-refractivity contribution in [3.05, 3.63) is 94.7 Å². The lowest BCUT2D eigenvalue weighted by atomic mass is 10.1. The lowest BCUT2D eigenvalue weighted by molar-refractivity contribution is 0.302. The van der Waals surface area contributed by atoms with Crippen molar-refractivity contribution in [3.63, 3.8) is 0 Å². The summed E-state index contributed by atoms with van der Waals surface area (Å²) in [6, 6.07) is 24.0. The van der Waals surface area contributed by atoms with Gasteiger partial charge >= 0.3 is 0 Å². The average molecular weight is 459 g/mol. The van der Waals surface area contributed by atoms with Gasteiger partial charge in [0, 0.05) is 21.9 Å². The van der Waals surface area contributed by atoms with Crippen molar-refractivity contribution in [1.82, 2.24) is 19.2 Å². The van der Waals surface area contributed by atoms with Crippen LogP contribution in [0.5, 0.6) is 11.5 Å². The van der Waals surface area contributed by atoms with Crippen LogP contribution in [-0.4, -0.2) is 19.2 Å². The quantitative estimate of drug-likeness (QED) is 0.289. The molecule has 0 aliphatic carbocycles. The van der Waals surface area contributed by atoms with Crippen LogP contribution in [0.4, 0.5) is 0 Å². The molecule has 0 bridgehead atoms. The van der Waals surface area contributed by atoms with Gasteiger partial charge in [-0.1, -0.05) is 33.2 Å². The Morgan fingerprint density at radius 2 is 0.938 bits per heavy atom. The van der Waals surface area contributed by atoms with Gasteiger partial charge in [0.1, 0.15) is 36.1 Å². The topological polar surface area (TPSA) is 70.0 Å². The molecule has 0 amide bonds. The summed E-state index contributed by atoms with van der Waals surface area (Å²) in [5.74, 6) is 1.64. The Hall–Kier alpha value is -3.62. The summed E-state index contributed by atoms with van der Waals surface area (Å²) in [6.45, 7) is 1.01. The molecule has 158 valence electrons. The van der Waals surface area contributed by atoms with E-state index in [1.165, 1.54) is 23.1 Å². The Morgan fingerprint density at radius 3 is 1.28 bits per heavy atom. The minimum Gasteiger partial charge on any atom is -0.489 e. The lowest BCUT2D eigenvalue weighted by Gasteiger charge is -2.09. The molecule has 5 aromatic rings. The number of hydrogen-bond acceptors (Lipinski definition) is 8. The summed E-state index contributed by atoms with van der Waals surface area (Å²) in [4.78, 5) is 0. The van der Waals surface area contributed by atoms with E-state index in [1.54, 1.807) is 0 Å². The molecule has 0 saturated heterocycles. The second-order valence-corrected chi connectivity index (χ2v) is 8.24. The minimum atomic E-state index is 0.506. The highest BCUT2D eigenvalue weighted by Crippen LogP contribution is 2.23. The van der Waals surface area contributed by atoms with Crippen LogP contribution in [0.25, 0.3) is 22.5 Å². The first-order chi connectivity index (χ1) is 15.8. The van der Waals surface area contributed by atoms with Gasteiger partial charge in [-0.2, -0.15) is 0 Å². The van der Waals surface area contributed by atoms with Crippen molar-refractivity contribution in [3.8, 4) is 34.0 Å². The van der Waals surface area contributed by atoms with E-state index in [-0.39, 0.29) is 0 Å². The fourth-order valence-corrected chi connectivity index (χ4v) is 4.02. The molecule has 0 saturated carbocycles. The second-order valence-electron chi connectivity index (χ2n) is 7.02. The normalized spacial score (nSPS) is 10.8. The van der Waals surface area contributed by atoms with Crippen LogP contribution in [-0.2, 0) is 13.2 Å². The predicted molar refractivity (Wildman–Crippen MR) is 126 cm³/mol. The summed E-state index contributed by atoms with van der Waals surface area (Å²) < 4.78 is 19.6. The van der Waals surface area contributed by atoms with Crippen LogP contribution in [0.3, 0.4) is 0 Å². The van der Waals surface area contributed by atoms with Crippen molar-refractivity contribution in [2.45, 2.75) is 13.2 Å². The number of hydrogen-bond donors (Lipinski definition) is 0. The van der Waals surface area contributed by atoms with Crippen LogP contribution < -0.4 is 9.47 Å². The van der Waals surface area contributed by atoms with Crippen molar-refractivity contribution >= 4 is 23.1 Å². The smallest absolute Gasteiger partial charge is 0.119 e. The molecule has 5 rings (SSSR count). The first-order valence-corrected chi connectivity index (χ1v) is 11.6. The monoisotopic (exact) mass is 458 g/mol. The molecule has 2 heterocycles. The maximum absolute atomic E-state index is 5.90. The van der Waals surface area contributed by atoms with E-state index in [9.17, 15) is 0 Å². The highest BCUT2D eigenvalue weighted by atomic mass is 32.1. The van der Waals surface area contributed by atoms with Crippen molar-refractivity contribution in [2.75, 3.05) is 0 Å². The van der Waals surface area contributed by atoms with Gasteiger partial charge in [-0.15, -0.1) is 10.2 Å². The molecule has 0 N–H and O–H groups in total. The van der Waals surface area contributed by atoms with E-state index in [0.717, 1.165) is 45.1 Å². The largest absolute Gasteiger partial charge is 0.489 e. The summed E-state index contributed by atoms with van der Waals surface area (Å²) in [6.07, 6.45) is 0. The van der Waals surface area contributed by atoms with Gasteiger partial charge in [0.2, 0.25) is 0 Å². The second kappa shape index (κ2) is 9.67. The number of ether oxygens (including phenoxy) is 2. The molecule has 0 aliphatic rings. The SMILES string of the molecule is c1cc(COc2ccc(-c3csnn3)cc2)ccc1COc1ccc(-c2csnn2)cc1. The fraction of sp³-hybridized carbons (Fsp3) is 0.0833. The average Bonchev–Trinajstić information content (AvgIpc) is 3.58. The van der Waals surface area contributed by atoms with Crippen molar-refractivity contribution in [1.29, 1.82) is 0 Å². The Kier molecular flexibility index (Phi) is 6.13. The highest BCUT2D eigenvalue weighted by Gasteiger charge is 2.04. The third-order valence-corrected chi connectivity index (χ3v) is 5.86. The zero-order valence-electron chi connectivity index (χ0n) is 16.9. The Morgan fingerprint density at radius 1 is 0.531 bits per heavy atom. The molecule has 0 spiro atoms. The standard InChI is InChI=1S/C24H18N4O2S2/c1-2-18(14-30-22-11-7-20(8-12-22)24-16-32-28-26-24)4-3-17(1)13-29-21-9-5-19(6-10-21)23-15-31-27-25-23/h1-12,15-16H,13-14H2. The van der Waals surface area contributed by atoms with E-state index in [2.05, 4.69) is 43.4 Å². The van der Waals surface area contributed by atoms with Gasteiger partial charge in [0.05, 0.1) is 0 Å². The molecule has 8 heteroatoms. The van der Waals surface area contributed by atoms with Crippen LogP contribution in [0.15, 0.2) is 83.6 Å². The molecule has 0 radical (unpaired) electrons. The zero-order chi connectivity index (χ0) is 21.6. The van der Waals surface area contributed by atoms with Gasteiger partial charge in [-0.3, -0.25) is 0 Å². The molecule has 32 heavy (non-hydrogen) atoms. The first kappa shape index (κ1) is 20.3. The molecule has 0 unspecified atom stereocenters. The van der Waals surface area contributed by atoms with Crippen LogP contribution in [0.2, 0.25) is 0 Å². The maximum Gasteiger partial charge on any atom is 0.119 e. The van der Waals surface area contributed by atoms with Crippen molar-refractivity contribution in [2.24, 2.45) is 0 Å². The number of nitrogens with zero attached hydrogens (tertiary/aromatic N) is 4. The van der Waals surface area contributed by atoms with E-state index in [0.29, 0.717) is 13.2 Å². The Bertz CT molecular complexity index is 1140. The van der Waals surface area contributed by atoms with Gasteiger partial charge in [0.25, 0.3) is 0 Å². The molecular formula is C24H18N4O2S2. The summed E-state index contributed by atoms with van der Waals surface area (Å²) in [7, 11) is 0. The molecular weight excluding hydrogens is 440 g/mol. The predicted octanol–water partition coefficient (Wildman–Crippen LogP) is 5.88. The third-order valence-electron chi connectivity index (χ3n) is 4.85. The highest BCUT2D eigenvalue weighted by molar-refractivity contribution is 7.03. The molecule has 6 nitrogen and oxygen atoms in total. The van der Waals surface area contributed by atoms with Gasteiger partial charge in [-0.05, 0) is 82.7 Å². The number of benzene rings is 3. The van der Waals surface area contributed by atoms with Crippen LogP contribution in [0, 0.1) is 0 Å². The molecule has 0 fully saturated rings. The van der Waals surface area contributed by atoms with Crippen molar-refractivity contribution < 1.29 is 9.47 Å². The Labute approximate surface area is 193 Å². The Balaban J connectivity index is 1.12. The number of rotatable bonds is 8. The first-order valence-electron chi connectivity index (χ1n) is 9.92. The van der Waals surface area contributed by atoms with Gasteiger partial charge in [0.15, 0.2) is 0 Å². The fourth-order valence-electron chi connectivity index (χ4n) is 3.09. The van der Waals surface area contributed by atoms with Crippen LogP contribution in [0.1, 0.15) is 11.1 Å². The van der Waals surface area contributed by atoms with E-state index < -0.39 is 0 Å². The molecule has 3 aromatic carbocycles. The minimum absolute atomic E-state index is 0.506. The van der Waals surface area contributed by atoms with E-state index in [1.807, 2.05) is 59.3 Å². The summed E-state index contributed by atoms with van der Waals surface area (Å²) >= 11 is 2.69. The molecule has 0 atom stereocenters.